The van der Waals surface area contributed by atoms with E-state index in [4.69, 9.17) is 4.74 Å². The second kappa shape index (κ2) is 7.98. The molecule has 2 aromatic rings. The third-order valence-corrected chi connectivity index (χ3v) is 4.66. The highest BCUT2D eigenvalue weighted by Crippen LogP contribution is 2.22. The van der Waals surface area contributed by atoms with Crippen LogP contribution in [0, 0.1) is 12.7 Å². The molecule has 0 spiro atoms. The molecule has 25 heavy (non-hydrogen) atoms. The summed E-state index contributed by atoms with van der Waals surface area (Å²) in [5.41, 5.74) is 0.606. The lowest BCUT2D eigenvalue weighted by atomic mass is 10.2. The number of hydrogen-bond acceptors (Lipinski definition) is 4. The van der Waals surface area contributed by atoms with Gasteiger partial charge in [0.05, 0.1) is 10.6 Å². The van der Waals surface area contributed by atoms with E-state index in [0.29, 0.717) is 17.9 Å². The zero-order valence-electron chi connectivity index (χ0n) is 13.9. The average molecular weight is 366 g/mol. The van der Waals surface area contributed by atoms with Crippen molar-refractivity contribution < 1.29 is 22.3 Å². The van der Waals surface area contributed by atoms with E-state index >= 15 is 0 Å². The standard InChI is InChI=1S/C17H19FN2O4S/c1-3-19-17(21)11-24-14-6-4-5-13(9-14)20-25(22,23)15-8-7-12(2)16(18)10-15/h4-10,20H,3,11H2,1-2H3,(H,19,21). The largest absolute Gasteiger partial charge is 0.484 e. The number of carbonyl (C=O) groups excluding carboxylic acids is 1. The Morgan fingerprint density at radius 1 is 1.20 bits per heavy atom. The predicted molar refractivity (Wildman–Crippen MR) is 92.6 cm³/mol. The molecule has 134 valence electrons. The molecule has 0 aliphatic carbocycles. The molecule has 0 atom stereocenters. The fourth-order valence-electron chi connectivity index (χ4n) is 2.00. The highest BCUT2D eigenvalue weighted by Gasteiger charge is 2.16. The SMILES string of the molecule is CCNC(=O)COc1cccc(NS(=O)(=O)c2ccc(C)c(F)c2)c1. The Morgan fingerprint density at radius 2 is 1.96 bits per heavy atom. The number of rotatable bonds is 7. The van der Waals surface area contributed by atoms with Crippen LogP contribution in [0.4, 0.5) is 10.1 Å². The van der Waals surface area contributed by atoms with Crippen LogP contribution in [0.25, 0.3) is 0 Å². The molecule has 2 N–H and O–H groups in total. The van der Waals surface area contributed by atoms with Gasteiger partial charge in [-0.05, 0) is 43.7 Å². The Labute approximate surface area is 146 Å². The molecule has 0 unspecified atom stereocenters. The monoisotopic (exact) mass is 366 g/mol. The summed E-state index contributed by atoms with van der Waals surface area (Å²) in [6.45, 7) is 3.66. The second-order valence-corrected chi connectivity index (χ2v) is 6.97. The van der Waals surface area contributed by atoms with E-state index in [0.717, 1.165) is 6.07 Å². The number of carbonyl (C=O) groups is 1. The maximum atomic E-state index is 13.6. The van der Waals surface area contributed by atoms with Crippen molar-refractivity contribution in [1.29, 1.82) is 0 Å². The summed E-state index contributed by atoms with van der Waals surface area (Å²) in [6, 6.07) is 9.85. The third kappa shape index (κ3) is 5.18. The van der Waals surface area contributed by atoms with Crippen molar-refractivity contribution >= 4 is 21.6 Å². The van der Waals surface area contributed by atoms with Gasteiger partial charge in [-0.1, -0.05) is 12.1 Å². The first-order valence-electron chi connectivity index (χ1n) is 7.60. The number of aryl methyl sites for hydroxylation is 1. The van der Waals surface area contributed by atoms with E-state index in [1.54, 1.807) is 26.0 Å². The first-order chi connectivity index (χ1) is 11.8. The first-order valence-corrected chi connectivity index (χ1v) is 9.08. The number of amides is 1. The minimum atomic E-state index is -3.93. The summed E-state index contributed by atoms with van der Waals surface area (Å²) >= 11 is 0. The van der Waals surface area contributed by atoms with Gasteiger partial charge < -0.3 is 10.1 Å². The molecule has 1 amide bonds. The first kappa shape index (κ1) is 18.7. The molecule has 0 radical (unpaired) electrons. The normalized spacial score (nSPS) is 11.0. The minimum absolute atomic E-state index is 0.173. The summed E-state index contributed by atoms with van der Waals surface area (Å²) in [7, 11) is -3.93. The smallest absolute Gasteiger partial charge is 0.261 e. The Kier molecular flexibility index (Phi) is 5.97. The van der Waals surface area contributed by atoms with Crippen LogP contribution in [0.2, 0.25) is 0 Å². The van der Waals surface area contributed by atoms with Gasteiger partial charge in [-0.25, -0.2) is 12.8 Å². The van der Waals surface area contributed by atoms with Crippen molar-refractivity contribution in [2.24, 2.45) is 0 Å². The van der Waals surface area contributed by atoms with Gasteiger partial charge in [-0.3, -0.25) is 9.52 Å². The fourth-order valence-corrected chi connectivity index (χ4v) is 3.06. The van der Waals surface area contributed by atoms with Crippen molar-refractivity contribution in [3.63, 3.8) is 0 Å². The van der Waals surface area contributed by atoms with Crippen molar-refractivity contribution in [3.05, 3.63) is 53.8 Å². The Balaban J connectivity index is 2.12. The summed E-state index contributed by atoms with van der Waals surface area (Å²) < 4.78 is 46.0. The number of ether oxygens (including phenoxy) is 1. The van der Waals surface area contributed by atoms with Crippen molar-refractivity contribution in [2.45, 2.75) is 18.7 Å². The lowest BCUT2D eigenvalue weighted by molar-refractivity contribution is -0.122. The van der Waals surface area contributed by atoms with Crippen LogP contribution < -0.4 is 14.8 Å². The Bertz CT molecular complexity index is 869. The van der Waals surface area contributed by atoms with Crippen molar-refractivity contribution in [3.8, 4) is 5.75 Å². The van der Waals surface area contributed by atoms with E-state index in [1.807, 2.05) is 0 Å². The maximum absolute atomic E-state index is 13.6. The molecule has 0 aliphatic rings. The topological polar surface area (TPSA) is 84.5 Å². The molecule has 2 rings (SSSR count). The van der Waals surface area contributed by atoms with Gasteiger partial charge in [-0.15, -0.1) is 0 Å². The molecule has 0 saturated carbocycles. The van der Waals surface area contributed by atoms with E-state index in [9.17, 15) is 17.6 Å². The van der Waals surface area contributed by atoms with E-state index in [-0.39, 0.29) is 23.1 Å². The summed E-state index contributed by atoms with van der Waals surface area (Å²) in [6.07, 6.45) is 0. The van der Waals surface area contributed by atoms with E-state index in [2.05, 4.69) is 10.0 Å². The van der Waals surface area contributed by atoms with E-state index < -0.39 is 15.8 Å². The zero-order valence-corrected chi connectivity index (χ0v) is 14.7. The molecular formula is C17H19FN2O4S. The van der Waals surface area contributed by atoms with Gasteiger partial charge in [0.25, 0.3) is 15.9 Å². The molecule has 0 saturated heterocycles. The highest BCUT2D eigenvalue weighted by atomic mass is 32.2. The molecule has 0 aromatic heterocycles. The van der Waals surface area contributed by atoms with Crippen molar-refractivity contribution in [1.82, 2.24) is 5.32 Å². The Hall–Kier alpha value is -2.61. The van der Waals surface area contributed by atoms with Crippen LogP contribution in [0.15, 0.2) is 47.4 Å². The number of halogens is 1. The second-order valence-electron chi connectivity index (χ2n) is 5.29. The maximum Gasteiger partial charge on any atom is 0.261 e. The predicted octanol–water partition coefficient (Wildman–Crippen LogP) is 2.45. The van der Waals surface area contributed by atoms with Crippen LogP contribution in [0.1, 0.15) is 12.5 Å². The number of hydrogen-bond donors (Lipinski definition) is 2. The number of anilines is 1. The average Bonchev–Trinajstić information content (AvgIpc) is 2.55. The van der Waals surface area contributed by atoms with Gasteiger partial charge in [-0.2, -0.15) is 0 Å². The van der Waals surface area contributed by atoms with Gasteiger partial charge in [0.1, 0.15) is 11.6 Å². The summed E-state index contributed by atoms with van der Waals surface area (Å²) in [4.78, 5) is 11.2. The van der Waals surface area contributed by atoms with Gasteiger partial charge in [0.15, 0.2) is 6.61 Å². The molecule has 2 aromatic carbocycles. The fraction of sp³-hybridized carbons (Fsp3) is 0.235. The number of nitrogens with one attached hydrogen (secondary N) is 2. The van der Waals surface area contributed by atoms with E-state index in [1.165, 1.54) is 24.3 Å². The minimum Gasteiger partial charge on any atom is -0.484 e. The lowest BCUT2D eigenvalue weighted by Gasteiger charge is -2.11. The Morgan fingerprint density at radius 3 is 2.64 bits per heavy atom. The summed E-state index contributed by atoms with van der Waals surface area (Å²) in [5, 5.41) is 2.59. The molecule has 0 fully saturated rings. The van der Waals surface area contributed by atoms with Crippen LogP contribution in [-0.2, 0) is 14.8 Å². The lowest BCUT2D eigenvalue weighted by Crippen LogP contribution is -2.28. The van der Waals surface area contributed by atoms with Crippen LogP contribution >= 0.6 is 0 Å². The number of sulfonamides is 1. The zero-order chi connectivity index (χ0) is 18.4. The summed E-state index contributed by atoms with van der Waals surface area (Å²) in [5.74, 6) is -0.535. The van der Waals surface area contributed by atoms with Crippen LogP contribution in [0.5, 0.6) is 5.75 Å². The van der Waals surface area contributed by atoms with Crippen LogP contribution in [-0.4, -0.2) is 27.5 Å². The van der Waals surface area contributed by atoms with Crippen LogP contribution in [0.3, 0.4) is 0 Å². The van der Waals surface area contributed by atoms with Crippen molar-refractivity contribution in [2.75, 3.05) is 17.9 Å². The van der Waals surface area contributed by atoms with Gasteiger partial charge in [0.2, 0.25) is 0 Å². The molecule has 6 nitrogen and oxygen atoms in total. The molecule has 8 heteroatoms. The highest BCUT2D eigenvalue weighted by molar-refractivity contribution is 7.92. The number of benzene rings is 2. The molecule has 0 aliphatic heterocycles. The third-order valence-electron chi connectivity index (χ3n) is 3.28. The molecular weight excluding hydrogens is 347 g/mol. The van der Waals surface area contributed by atoms with Gasteiger partial charge in [0, 0.05) is 12.6 Å². The quantitative estimate of drug-likeness (QED) is 0.788. The number of likely N-dealkylation sites (N-methyl/N-ethyl adjacent to an activating group) is 1. The molecule has 0 bridgehead atoms. The van der Waals surface area contributed by atoms with Gasteiger partial charge >= 0.3 is 0 Å². The molecule has 0 heterocycles.